The molecule has 22 heteroatoms. The van der Waals surface area contributed by atoms with Crippen LogP contribution in [0.25, 0.3) is 0 Å². The van der Waals surface area contributed by atoms with Crippen LogP contribution in [0, 0.1) is 11.3 Å². The third kappa shape index (κ3) is 22.2. The average molecular weight is 1240 g/mol. The van der Waals surface area contributed by atoms with Gasteiger partial charge in [-0.15, -0.1) is 0 Å². The number of aliphatic hydroxyl groups is 2. The monoisotopic (exact) mass is 1240 g/mol. The van der Waals surface area contributed by atoms with Crippen molar-refractivity contribution in [3.8, 4) is 17.2 Å². The van der Waals surface area contributed by atoms with Crippen molar-refractivity contribution in [2.45, 2.75) is 179 Å². The fraction of sp³-hybridized carbons (Fsp3) is 0.545. The molecule has 4 aromatic rings. The van der Waals surface area contributed by atoms with Crippen molar-refractivity contribution in [2.24, 2.45) is 11.3 Å². The first kappa shape index (κ1) is 71.6. The lowest BCUT2D eigenvalue weighted by molar-refractivity contribution is -0.164. The molecule has 88 heavy (non-hydrogen) atoms. The first-order chi connectivity index (χ1) is 41.7. The molecule has 0 aliphatic carbocycles. The zero-order valence-electron chi connectivity index (χ0n) is 53.1. The highest BCUT2D eigenvalue weighted by Gasteiger charge is 2.41. The van der Waals surface area contributed by atoms with E-state index in [1.807, 2.05) is 63.2 Å². The van der Waals surface area contributed by atoms with Gasteiger partial charge in [-0.05, 0) is 163 Å². The predicted molar refractivity (Wildman–Crippen MR) is 335 cm³/mol. The van der Waals surface area contributed by atoms with Gasteiger partial charge in [-0.25, -0.2) is 18.0 Å². The maximum Gasteiger partial charge on any atom is 0.407 e. The predicted octanol–water partition coefficient (Wildman–Crippen LogP) is 8.44. The van der Waals surface area contributed by atoms with Gasteiger partial charge in [0, 0.05) is 43.7 Å². The number of aliphatic hydroxyl groups excluding tert-OH is 2. The number of nitrogens with one attached hydrogen (secondary N) is 4. The molecule has 0 bridgehead atoms. The summed E-state index contributed by atoms with van der Waals surface area (Å²) in [6, 6.07) is 24.3. The van der Waals surface area contributed by atoms with Gasteiger partial charge < -0.3 is 54.7 Å². The largest absolute Gasteiger partial charge is 0.497 e. The van der Waals surface area contributed by atoms with Crippen molar-refractivity contribution >= 4 is 51.3 Å². The Bertz CT molecular complexity index is 3030. The van der Waals surface area contributed by atoms with Crippen LogP contribution in [0.2, 0.25) is 0 Å². The van der Waals surface area contributed by atoms with Crippen molar-refractivity contribution in [3.63, 3.8) is 0 Å². The van der Waals surface area contributed by atoms with E-state index in [1.54, 1.807) is 65.0 Å². The van der Waals surface area contributed by atoms with Gasteiger partial charge in [-0.1, -0.05) is 83.1 Å². The zero-order chi connectivity index (χ0) is 64.8. The summed E-state index contributed by atoms with van der Waals surface area (Å²) < 4.78 is 57.5. The molecule has 1 heterocycles. The van der Waals surface area contributed by atoms with Gasteiger partial charge in [0.05, 0.1) is 44.4 Å². The van der Waals surface area contributed by atoms with Crippen molar-refractivity contribution < 1.29 is 71.1 Å². The number of carbonyl (C=O) groups is 6. The molecule has 6 N–H and O–H groups in total. The third-order valence-corrected chi connectivity index (χ3v) is 17.2. The molecule has 0 saturated carbocycles. The molecule has 6 atom stereocenters. The van der Waals surface area contributed by atoms with E-state index in [4.69, 9.17) is 23.7 Å². The first-order valence-corrected chi connectivity index (χ1v) is 31.9. The van der Waals surface area contributed by atoms with E-state index >= 15 is 0 Å². The molecule has 0 spiro atoms. The van der Waals surface area contributed by atoms with Crippen molar-refractivity contribution in [1.29, 1.82) is 0 Å². The van der Waals surface area contributed by atoms with E-state index in [9.17, 15) is 47.4 Å². The summed E-state index contributed by atoms with van der Waals surface area (Å²) in [5.41, 5.74) is 0.892. The molecular formula is C66H94N6O15S. The summed E-state index contributed by atoms with van der Waals surface area (Å²) in [6.07, 6.45) is -0.896. The molecule has 0 aromatic heterocycles. The van der Waals surface area contributed by atoms with Gasteiger partial charge >= 0.3 is 12.1 Å². The summed E-state index contributed by atoms with van der Waals surface area (Å²) in [7, 11) is 0.402. The van der Waals surface area contributed by atoms with Crippen LogP contribution in [-0.2, 0) is 56.3 Å². The van der Waals surface area contributed by atoms with Crippen LogP contribution < -0.4 is 35.5 Å². The number of ketones is 1. The standard InChI is InChI=1S/C66H94N6O15S/c1-12-66(7,8)60(76)62(78)72-38-19-17-26-53(72)63(79)86-55(33-27-46-28-34-56(84-10)57(40-46)85-11)47-23-20-24-48(41-47)68-58(74)35-36-59(75)69-51(25-16-18-37-67-64(80)87-65(4,5)6)61(77)70-52(39-45-21-14-13-15-22-45)54(73)43-71(42-44(2)3)88(81,82)50-31-29-49(83-9)30-32-50/h13-15,20-24,28-32,34,40-41,44,51-55,59,69,73,75H,12,16-19,25-27,33,35-39,42-43H2,1-11H3,(H,67,80)(H,68,74)(H,70,77)/t51?,52-,53+,54+,55-,59?/m1/s1. The smallest absolute Gasteiger partial charge is 0.407 e. The minimum absolute atomic E-state index is 0.00158. The van der Waals surface area contributed by atoms with Gasteiger partial charge in [0.15, 0.2) is 11.5 Å². The minimum atomic E-state index is -4.15. The Balaban J connectivity index is 1.34. The molecule has 1 fully saturated rings. The number of rotatable bonds is 34. The number of nitrogens with zero attached hydrogens (tertiary/aromatic N) is 2. The van der Waals surface area contributed by atoms with Crippen LogP contribution >= 0.6 is 0 Å². The molecule has 484 valence electrons. The number of esters is 1. The van der Waals surface area contributed by atoms with Crippen molar-refractivity contribution in [2.75, 3.05) is 52.8 Å². The first-order valence-electron chi connectivity index (χ1n) is 30.4. The van der Waals surface area contributed by atoms with E-state index in [1.165, 1.54) is 54.8 Å². The lowest BCUT2D eigenvalue weighted by Gasteiger charge is -2.36. The Kier molecular flexibility index (Phi) is 27.7. The van der Waals surface area contributed by atoms with Gasteiger partial charge in [0.2, 0.25) is 27.6 Å². The number of sulfonamides is 1. The third-order valence-electron chi connectivity index (χ3n) is 15.4. The Morgan fingerprint density at radius 3 is 2.12 bits per heavy atom. The van der Waals surface area contributed by atoms with Crippen LogP contribution in [0.4, 0.5) is 10.5 Å². The number of unbranched alkanes of at least 4 members (excludes halogenated alkanes) is 1. The molecule has 21 nitrogen and oxygen atoms in total. The number of Topliss-reactive ketones (excluding diaryl/α,β-unsaturated/α-hetero) is 1. The number of benzene rings is 4. The number of carbonyl (C=O) groups excluding carboxylic acids is 6. The second-order valence-corrected chi connectivity index (χ2v) is 26.3. The number of piperidine rings is 1. The molecule has 1 saturated heterocycles. The molecule has 5 rings (SSSR count). The van der Waals surface area contributed by atoms with E-state index < -0.39 is 93.2 Å². The summed E-state index contributed by atoms with van der Waals surface area (Å²) >= 11 is 0. The van der Waals surface area contributed by atoms with Crippen LogP contribution in [0.1, 0.15) is 142 Å². The topological polar surface area (TPSA) is 278 Å². The summed E-state index contributed by atoms with van der Waals surface area (Å²) in [5.74, 6) is -1.63. The van der Waals surface area contributed by atoms with E-state index in [0.29, 0.717) is 73.4 Å². The molecule has 1 aliphatic heterocycles. The summed E-state index contributed by atoms with van der Waals surface area (Å²) in [5, 5.41) is 35.2. The zero-order valence-corrected chi connectivity index (χ0v) is 53.9. The number of anilines is 1. The second kappa shape index (κ2) is 34.0. The van der Waals surface area contributed by atoms with Crippen LogP contribution in [0.5, 0.6) is 17.2 Å². The quantitative estimate of drug-likeness (QED) is 0.0111. The fourth-order valence-electron chi connectivity index (χ4n) is 10.1. The van der Waals surface area contributed by atoms with Crippen molar-refractivity contribution in [1.82, 2.24) is 25.2 Å². The average Bonchev–Trinajstić information content (AvgIpc) is 2.94. The Hall–Kier alpha value is -7.11. The second-order valence-electron chi connectivity index (χ2n) is 24.4. The summed E-state index contributed by atoms with van der Waals surface area (Å²) in [4.78, 5) is 83.6. The van der Waals surface area contributed by atoms with Gasteiger partial charge in [0.25, 0.3) is 5.91 Å². The summed E-state index contributed by atoms with van der Waals surface area (Å²) in [6.45, 7) is 14.4. The Morgan fingerprint density at radius 1 is 0.773 bits per heavy atom. The number of aryl methyl sites for hydroxylation is 1. The van der Waals surface area contributed by atoms with E-state index in [2.05, 4.69) is 21.3 Å². The van der Waals surface area contributed by atoms with Crippen molar-refractivity contribution in [3.05, 3.63) is 114 Å². The van der Waals surface area contributed by atoms with Gasteiger partial charge in [-0.2, -0.15) is 4.31 Å². The molecule has 4 amide bonds. The van der Waals surface area contributed by atoms with E-state index in [-0.39, 0.29) is 69.1 Å². The number of ether oxygens (including phenoxy) is 5. The maximum atomic E-state index is 14.6. The number of likely N-dealkylation sites (tertiary alicyclic amines) is 1. The maximum absolute atomic E-state index is 14.6. The fourth-order valence-corrected chi connectivity index (χ4v) is 11.7. The number of hydrogen-bond donors (Lipinski definition) is 6. The Labute approximate surface area is 520 Å². The lowest BCUT2D eigenvalue weighted by atomic mass is 9.84. The number of methoxy groups -OCH3 is 3. The molecule has 4 aromatic carbocycles. The highest BCUT2D eigenvalue weighted by molar-refractivity contribution is 7.89. The normalized spacial score (nSPS) is 15.5. The highest BCUT2D eigenvalue weighted by atomic mass is 32.2. The minimum Gasteiger partial charge on any atom is -0.497 e. The molecule has 1 aliphatic rings. The molecule has 0 radical (unpaired) electrons. The van der Waals surface area contributed by atoms with Gasteiger partial charge in [0.1, 0.15) is 29.7 Å². The van der Waals surface area contributed by atoms with Crippen LogP contribution in [0.3, 0.4) is 0 Å². The van der Waals surface area contributed by atoms with Crippen LogP contribution in [-0.4, -0.2) is 147 Å². The van der Waals surface area contributed by atoms with Gasteiger partial charge in [-0.3, -0.25) is 24.5 Å². The lowest BCUT2D eigenvalue weighted by Crippen LogP contribution is -2.56. The Morgan fingerprint density at radius 2 is 1.48 bits per heavy atom. The van der Waals surface area contributed by atoms with Crippen LogP contribution in [0.15, 0.2) is 102 Å². The number of amides is 4. The molecule has 2 unspecified atom stereocenters. The highest BCUT2D eigenvalue weighted by Crippen LogP contribution is 2.33. The number of hydrogen-bond acceptors (Lipinski definition) is 16. The molecular weight excluding hydrogens is 1150 g/mol. The number of alkyl carbamates (subject to hydrolysis) is 1. The van der Waals surface area contributed by atoms with E-state index in [0.717, 1.165) is 11.1 Å². The SMILES string of the molecule is CCC(C)(C)C(=O)C(=O)N1CCCC[C@H]1C(=O)O[C@H](CCc1ccc(OC)c(OC)c1)c1cccc(NC(=O)CCC(O)NC(CCCCNC(=O)OC(C)(C)C)C(=O)N[C@H](Cc2ccccc2)[C@@H](O)CN(CC(C)C)S(=O)(=O)c2ccc(OC)cc2)c1.